The van der Waals surface area contributed by atoms with Gasteiger partial charge < -0.3 is 9.64 Å². The Morgan fingerprint density at radius 3 is 2.90 bits per heavy atom. The second kappa shape index (κ2) is 7.77. The molecule has 4 nitrogen and oxygen atoms in total. The Hall–Kier alpha value is -1.11. The van der Waals surface area contributed by atoms with Crippen molar-refractivity contribution in [1.82, 2.24) is 4.90 Å². The smallest absolute Gasteiger partial charge is 0.338 e. The Labute approximate surface area is 139 Å². The van der Waals surface area contributed by atoms with Gasteiger partial charge in [-0.1, -0.05) is 13.0 Å². The highest BCUT2D eigenvalue weighted by Crippen LogP contribution is 2.19. The van der Waals surface area contributed by atoms with Crippen molar-refractivity contribution < 1.29 is 14.3 Å². The van der Waals surface area contributed by atoms with E-state index in [1.807, 2.05) is 11.0 Å². The van der Waals surface area contributed by atoms with Gasteiger partial charge in [-0.3, -0.25) is 4.79 Å². The quantitative estimate of drug-likeness (QED) is 0.575. The highest BCUT2D eigenvalue weighted by atomic mass is 127. The van der Waals surface area contributed by atoms with Gasteiger partial charge in [0, 0.05) is 16.2 Å². The lowest BCUT2D eigenvalue weighted by Gasteiger charge is -2.35. The number of benzene rings is 1. The van der Waals surface area contributed by atoms with Crippen LogP contribution in [0.1, 0.15) is 43.0 Å². The molecule has 114 valence electrons. The summed E-state index contributed by atoms with van der Waals surface area (Å²) < 4.78 is 6.13. The van der Waals surface area contributed by atoms with Gasteiger partial charge in [0.25, 0.3) is 5.91 Å². The molecule has 2 rings (SSSR count). The first-order valence-corrected chi connectivity index (χ1v) is 8.42. The van der Waals surface area contributed by atoms with Crippen molar-refractivity contribution in [2.24, 2.45) is 0 Å². The number of ether oxygens (including phenoxy) is 1. The van der Waals surface area contributed by atoms with Crippen LogP contribution in [0.4, 0.5) is 0 Å². The van der Waals surface area contributed by atoms with Crippen molar-refractivity contribution in [2.45, 2.75) is 38.6 Å². The van der Waals surface area contributed by atoms with Crippen molar-refractivity contribution in [3.05, 3.63) is 33.4 Å². The van der Waals surface area contributed by atoms with Gasteiger partial charge in [0.05, 0.1) is 5.56 Å². The summed E-state index contributed by atoms with van der Waals surface area (Å²) in [5.41, 5.74) is 0.486. The molecule has 0 aromatic heterocycles. The summed E-state index contributed by atoms with van der Waals surface area (Å²) in [4.78, 5) is 26.0. The summed E-state index contributed by atoms with van der Waals surface area (Å²) in [6.07, 6.45) is 4.21. The van der Waals surface area contributed by atoms with Crippen molar-refractivity contribution in [1.29, 1.82) is 0 Å². The van der Waals surface area contributed by atoms with E-state index in [4.69, 9.17) is 4.74 Å². The molecule has 1 aliphatic rings. The maximum absolute atomic E-state index is 12.2. The lowest BCUT2D eigenvalue weighted by molar-refractivity contribution is -0.138. The molecule has 1 aromatic carbocycles. The Kier molecular flexibility index (Phi) is 6.02. The molecule has 5 heteroatoms. The lowest BCUT2D eigenvalue weighted by Crippen LogP contribution is -2.45. The Morgan fingerprint density at radius 2 is 2.19 bits per heavy atom. The lowest BCUT2D eigenvalue weighted by atomic mass is 10.00. The first kappa shape index (κ1) is 16.3. The number of halogens is 1. The van der Waals surface area contributed by atoms with Gasteiger partial charge in [0.1, 0.15) is 0 Å². The van der Waals surface area contributed by atoms with Gasteiger partial charge in [-0.15, -0.1) is 0 Å². The number of carbonyl (C=O) groups is 2. The van der Waals surface area contributed by atoms with E-state index in [-0.39, 0.29) is 12.5 Å². The number of amides is 1. The topological polar surface area (TPSA) is 46.6 Å². The molecule has 1 aromatic rings. The molecule has 0 spiro atoms. The highest BCUT2D eigenvalue weighted by Gasteiger charge is 2.25. The highest BCUT2D eigenvalue weighted by molar-refractivity contribution is 14.1. The van der Waals surface area contributed by atoms with Gasteiger partial charge in [-0.05, 0) is 66.5 Å². The van der Waals surface area contributed by atoms with Crippen LogP contribution in [0, 0.1) is 3.57 Å². The van der Waals surface area contributed by atoms with Gasteiger partial charge in [0.15, 0.2) is 6.61 Å². The standard InChI is InChI=1S/C16H20INO3/c1-2-14-8-3-4-9-18(14)15(19)11-21-16(20)12-6-5-7-13(17)10-12/h5-7,10,14H,2-4,8-9,11H2,1H3. The normalized spacial score (nSPS) is 18.4. The third kappa shape index (κ3) is 4.43. The van der Waals surface area contributed by atoms with E-state index in [0.29, 0.717) is 11.6 Å². The van der Waals surface area contributed by atoms with Crippen LogP contribution in [0.3, 0.4) is 0 Å². The zero-order valence-electron chi connectivity index (χ0n) is 12.2. The van der Waals surface area contributed by atoms with Gasteiger partial charge in [-0.25, -0.2) is 4.79 Å². The minimum atomic E-state index is -0.438. The molecule has 0 radical (unpaired) electrons. The number of nitrogens with zero attached hydrogens (tertiary/aromatic N) is 1. The molecular formula is C16H20INO3. The first-order valence-electron chi connectivity index (χ1n) is 7.34. The number of likely N-dealkylation sites (tertiary alicyclic amines) is 1. The maximum Gasteiger partial charge on any atom is 0.338 e. The van der Waals surface area contributed by atoms with Gasteiger partial charge >= 0.3 is 5.97 Å². The van der Waals surface area contributed by atoms with Crippen LogP contribution in [0.25, 0.3) is 0 Å². The van der Waals surface area contributed by atoms with Crippen molar-refractivity contribution >= 4 is 34.5 Å². The van der Waals surface area contributed by atoms with Crippen LogP contribution < -0.4 is 0 Å². The van der Waals surface area contributed by atoms with Crippen LogP contribution in [0.15, 0.2) is 24.3 Å². The number of hydrogen-bond donors (Lipinski definition) is 0. The number of rotatable bonds is 4. The second-order valence-corrected chi connectivity index (χ2v) is 6.48. The SMILES string of the molecule is CCC1CCCCN1C(=O)COC(=O)c1cccc(I)c1. The molecule has 1 heterocycles. The Bertz CT molecular complexity index is 518. The van der Waals surface area contributed by atoms with Crippen LogP contribution >= 0.6 is 22.6 Å². The van der Waals surface area contributed by atoms with E-state index in [0.717, 1.165) is 29.4 Å². The molecule has 0 saturated carbocycles. The molecule has 1 amide bonds. The summed E-state index contributed by atoms with van der Waals surface area (Å²) in [5, 5.41) is 0. The van der Waals surface area contributed by atoms with E-state index in [2.05, 4.69) is 29.5 Å². The molecule has 21 heavy (non-hydrogen) atoms. The monoisotopic (exact) mass is 401 g/mol. The number of hydrogen-bond acceptors (Lipinski definition) is 3. The Balaban J connectivity index is 1.90. The van der Waals surface area contributed by atoms with Gasteiger partial charge in [0.2, 0.25) is 0 Å². The summed E-state index contributed by atoms with van der Waals surface area (Å²) in [7, 11) is 0. The van der Waals surface area contributed by atoms with Gasteiger partial charge in [-0.2, -0.15) is 0 Å². The predicted octanol–water partition coefficient (Wildman–Crippen LogP) is 3.24. The molecule has 0 N–H and O–H groups in total. The maximum atomic E-state index is 12.2. The van der Waals surface area contributed by atoms with Crippen LogP contribution in [0.5, 0.6) is 0 Å². The van der Waals surface area contributed by atoms with E-state index in [1.54, 1.807) is 18.2 Å². The summed E-state index contributed by atoms with van der Waals surface area (Å²) in [6.45, 7) is 2.70. The van der Waals surface area contributed by atoms with E-state index in [9.17, 15) is 9.59 Å². The molecule has 1 aliphatic heterocycles. The van der Waals surface area contributed by atoms with Crippen LogP contribution in [0.2, 0.25) is 0 Å². The molecule has 0 aliphatic carbocycles. The van der Waals surface area contributed by atoms with Crippen LogP contribution in [-0.2, 0) is 9.53 Å². The number of esters is 1. The molecule has 1 unspecified atom stereocenters. The summed E-state index contributed by atoms with van der Waals surface area (Å²) in [5.74, 6) is -0.521. The van der Waals surface area contributed by atoms with Crippen molar-refractivity contribution in [2.75, 3.05) is 13.2 Å². The minimum Gasteiger partial charge on any atom is -0.452 e. The molecule has 1 atom stereocenters. The third-order valence-corrected chi connectivity index (χ3v) is 4.48. The van der Waals surface area contributed by atoms with E-state index < -0.39 is 5.97 Å². The fraction of sp³-hybridized carbons (Fsp3) is 0.500. The molecule has 1 saturated heterocycles. The average molecular weight is 401 g/mol. The molecule has 1 fully saturated rings. The van der Waals surface area contributed by atoms with E-state index >= 15 is 0 Å². The fourth-order valence-corrected chi connectivity index (χ4v) is 3.21. The number of carbonyl (C=O) groups excluding carboxylic acids is 2. The minimum absolute atomic E-state index is 0.0828. The number of piperidine rings is 1. The largest absolute Gasteiger partial charge is 0.452 e. The third-order valence-electron chi connectivity index (χ3n) is 3.81. The predicted molar refractivity (Wildman–Crippen MR) is 89.1 cm³/mol. The second-order valence-electron chi connectivity index (χ2n) is 5.23. The Morgan fingerprint density at radius 1 is 1.38 bits per heavy atom. The fourth-order valence-electron chi connectivity index (χ4n) is 2.66. The van der Waals surface area contributed by atoms with E-state index in [1.165, 1.54) is 6.42 Å². The zero-order chi connectivity index (χ0) is 15.2. The first-order chi connectivity index (χ1) is 10.1. The van der Waals surface area contributed by atoms with Crippen molar-refractivity contribution in [3.8, 4) is 0 Å². The van der Waals surface area contributed by atoms with Crippen LogP contribution in [-0.4, -0.2) is 36.0 Å². The summed E-state index contributed by atoms with van der Waals surface area (Å²) >= 11 is 2.14. The molecular weight excluding hydrogens is 381 g/mol. The van der Waals surface area contributed by atoms with Crippen molar-refractivity contribution in [3.63, 3.8) is 0 Å². The molecule has 0 bridgehead atoms. The summed E-state index contributed by atoms with van der Waals surface area (Å²) in [6, 6.07) is 7.45. The average Bonchev–Trinajstić information content (AvgIpc) is 2.52. The zero-order valence-corrected chi connectivity index (χ0v) is 14.3.